The van der Waals surface area contributed by atoms with Crippen LogP contribution in [0, 0.1) is 5.92 Å². The van der Waals surface area contributed by atoms with Crippen LogP contribution in [0.25, 0.3) is 0 Å². The highest BCUT2D eigenvalue weighted by molar-refractivity contribution is 5.02. The van der Waals surface area contributed by atoms with Gasteiger partial charge in [-0.2, -0.15) is 0 Å². The fourth-order valence-electron chi connectivity index (χ4n) is 0.592. The van der Waals surface area contributed by atoms with E-state index in [-0.39, 0.29) is 6.10 Å². The number of rotatable bonds is 3. The Balaban J connectivity index is 3.69. The second-order valence-electron chi connectivity index (χ2n) is 3.25. The molecule has 10 heavy (non-hydrogen) atoms. The molecular weight excluding hydrogens is 124 g/mol. The maximum absolute atomic E-state index is 9.07. The van der Waals surface area contributed by atoms with Crippen molar-refractivity contribution in [2.75, 3.05) is 0 Å². The zero-order valence-corrected chi connectivity index (χ0v) is 7.39. The predicted molar refractivity (Wildman–Crippen MR) is 44.9 cm³/mol. The highest BCUT2D eigenvalue weighted by Gasteiger charge is 1.97. The van der Waals surface area contributed by atoms with Gasteiger partial charge in [0.05, 0.1) is 6.10 Å². The van der Waals surface area contributed by atoms with Crippen LogP contribution in [0.2, 0.25) is 0 Å². The van der Waals surface area contributed by atoms with Gasteiger partial charge < -0.3 is 5.11 Å². The smallest absolute Gasteiger partial charge is 0.0719 e. The Morgan fingerprint density at radius 1 is 1.40 bits per heavy atom. The van der Waals surface area contributed by atoms with E-state index in [0.29, 0.717) is 5.92 Å². The van der Waals surface area contributed by atoms with Crippen molar-refractivity contribution >= 4 is 0 Å². The molecule has 0 aliphatic rings. The Morgan fingerprint density at radius 3 is 2.20 bits per heavy atom. The first-order chi connectivity index (χ1) is 4.54. The lowest BCUT2D eigenvalue weighted by Gasteiger charge is -2.04. The van der Waals surface area contributed by atoms with Crippen molar-refractivity contribution in [2.45, 2.75) is 40.2 Å². The lowest BCUT2D eigenvalue weighted by atomic mass is 10.1. The van der Waals surface area contributed by atoms with E-state index in [9.17, 15) is 0 Å². The lowest BCUT2D eigenvalue weighted by molar-refractivity contribution is 0.231. The molecule has 0 bridgehead atoms. The molecule has 0 saturated heterocycles. The number of allylic oxidation sites excluding steroid dienone is 1. The van der Waals surface area contributed by atoms with E-state index in [1.165, 1.54) is 0 Å². The minimum Gasteiger partial charge on any atom is -0.389 e. The Morgan fingerprint density at radius 2 is 1.90 bits per heavy atom. The van der Waals surface area contributed by atoms with Crippen LogP contribution >= 0.6 is 0 Å². The summed E-state index contributed by atoms with van der Waals surface area (Å²) in [6.45, 7) is 8.11. The molecule has 0 rings (SSSR count). The summed E-state index contributed by atoms with van der Waals surface area (Å²) in [5.41, 5.74) is 1.08. The van der Waals surface area contributed by atoms with Gasteiger partial charge in [0, 0.05) is 0 Å². The van der Waals surface area contributed by atoms with Gasteiger partial charge >= 0.3 is 0 Å². The van der Waals surface area contributed by atoms with Crippen LogP contribution in [0.4, 0.5) is 0 Å². The second kappa shape index (κ2) is 4.51. The van der Waals surface area contributed by atoms with Crippen LogP contribution in [-0.4, -0.2) is 11.2 Å². The molecule has 0 aliphatic heterocycles. The largest absolute Gasteiger partial charge is 0.389 e. The monoisotopic (exact) mass is 142 g/mol. The standard InChI is InChI=1S/C9H18O/c1-7(2)5-6-8(3)9(4)10/h6-7,9-10H,5H2,1-4H3/b8-6+. The minimum atomic E-state index is -0.279. The molecule has 1 nitrogen and oxygen atoms in total. The molecule has 1 atom stereocenters. The Kier molecular flexibility index (Phi) is 4.37. The van der Waals surface area contributed by atoms with Gasteiger partial charge in [-0.3, -0.25) is 0 Å². The number of hydrogen-bond acceptors (Lipinski definition) is 1. The molecule has 0 amide bonds. The third-order valence-electron chi connectivity index (χ3n) is 1.57. The summed E-state index contributed by atoms with van der Waals surface area (Å²) in [6.07, 6.45) is 2.89. The average molecular weight is 142 g/mol. The summed E-state index contributed by atoms with van der Waals surface area (Å²) in [5, 5.41) is 9.07. The number of aliphatic hydroxyl groups excluding tert-OH is 1. The van der Waals surface area contributed by atoms with Crippen molar-refractivity contribution in [1.82, 2.24) is 0 Å². The summed E-state index contributed by atoms with van der Waals surface area (Å²) in [6, 6.07) is 0. The van der Waals surface area contributed by atoms with Crippen LogP contribution < -0.4 is 0 Å². The van der Waals surface area contributed by atoms with Crippen LogP contribution in [0.3, 0.4) is 0 Å². The SMILES string of the molecule is C/C(=C\CC(C)C)C(C)O. The summed E-state index contributed by atoms with van der Waals surface area (Å²) in [4.78, 5) is 0. The summed E-state index contributed by atoms with van der Waals surface area (Å²) in [7, 11) is 0. The van der Waals surface area contributed by atoms with Gasteiger partial charge in [-0.25, -0.2) is 0 Å². The maximum Gasteiger partial charge on any atom is 0.0719 e. The summed E-state index contributed by atoms with van der Waals surface area (Å²) < 4.78 is 0. The number of hydrogen-bond donors (Lipinski definition) is 1. The quantitative estimate of drug-likeness (QED) is 0.600. The molecular formula is C9H18O. The van der Waals surface area contributed by atoms with Crippen molar-refractivity contribution in [2.24, 2.45) is 5.92 Å². The van der Waals surface area contributed by atoms with Crippen LogP contribution in [0.5, 0.6) is 0 Å². The van der Waals surface area contributed by atoms with Gasteiger partial charge in [0.2, 0.25) is 0 Å². The molecule has 0 aromatic carbocycles. The normalized spacial score (nSPS) is 16.0. The van der Waals surface area contributed by atoms with E-state index in [4.69, 9.17) is 5.11 Å². The molecule has 1 unspecified atom stereocenters. The molecule has 1 N–H and O–H groups in total. The van der Waals surface area contributed by atoms with E-state index in [0.717, 1.165) is 12.0 Å². The first-order valence-electron chi connectivity index (χ1n) is 3.88. The van der Waals surface area contributed by atoms with E-state index >= 15 is 0 Å². The topological polar surface area (TPSA) is 20.2 Å². The highest BCUT2D eigenvalue weighted by atomic mass is 16.3. The summed E-state index contributed by atoms with van der Waals surface area (Å²) >= 11 is 0. The molecule has 0 spiro atoms. The van der Waals surface area contributed by atoms with Gasteiger partial charge in [-0.1, -0.05) is 19.9 Å². The molecule has 0 saturated carbocycles. The zero-order chi connectivity index (χ0) is 8.15. The van der Waals surface area contributed by atoms with E-state index in [1.807, 2.05) is 6.92 Å². The van der Waals surface area contributed by atoms with Gasteiger partial charge in [-0.15, -0.1) is 0 Å². The Labute approximate surface area is 63.8 Å². The predicted octanol–water partition coefficient (Wildman–Crippen LogP) is 2.36. The Bertz CT molecular complexity index is 112. The van der Waals surface area contributed by atoms with Crippen LogP contribution in [0.15, 0.2) is 11.6 Å². The fourth-order valence-corrected chi connectivity index (χ4v) is 0.592. The van der Waals surface area contributed by atoms with E-state index in [1.54, 1.807) is 6.92 Å². The van der Waals surface area contributed by atoms with Crippen molar-refractivity contribution < 1.29 is 5.11 Å². The molecule has 1 heteroatoms. The van der Waals surface area contributed by atoms with Gasteiger partial charge in [-0.05, 0) is 31.8 Å². The van der Waals surface area contributed by atoms with Crippen molar-refractivity contribution in [3.63, 3.8) is 0 Å². The molecule has 0 aromatic heterocycles. The molecule has 0 fully saturated rings. The summed E-state index contributed by atoms with van der Waals surface area (Å²) in [5.74, 6) is 0.689. The fraction of sp³-hybridized carbons (Fsp3) is 0.778. The average Bonchev–Trinajstić information content (AvgIpc) is 1.82. The van der Waals surface area contributed by atoms with Gasteiger partial charge in [0.15, 0.2) is 0 Å². The van der Waals surface area contributed by atoms with E-state index < -0.39 is 0 Å². The maximum atomic E-state index is 9.07. The molecule has 0 aliphatic carbocycles. The van der Waals surface area contributed by atoms with Gasteiger partial charge in [0.25, 0.3) is 0 Å². The Hall–Kier alpha value is -0.300. The minimum absolute atomic E-state index is 0.279. The third-order valence-corrected chi connectivity index (χ3v) is 1.57. The second-order valence-corrected chi connectivity index (χ2v) is 3.25. The van der Waals surface area contributed by atoms with Crippen LogP contribution in [0.1, 0.15) is 34.1 Å². The molecule has 0 radical (unpaired) electrons. The molecule has 0 heterocycles. The van der Waals surface area contributed by atoms with Gasteiger partial charge in [0.1, 0.15) is 0 Å². The molecule has 60 valence electrons. The first kappa shape index (κ1) is 9.70. The highest BCUT2D eigenvalue weighted by Crippen LogP contribution is 2.06. The zero-order valence-electron chi connectivity index (χ0n) is 7.39. The van der Waals surface area contributed by atoms with Crippen molar-refractivity contribution in [3.05, 3.63) is 11.6 Å². The molecule has 0 aromatic rings. The lowest BCUT2D eigenvalue weighted by Crippen LogP contribution is -2.01. The third kappa shape index (κ3) is 4.57. The van der Waals surface area contributed by atoms with Crippen molar-refractivity contribution in [1.29, 1.82) is 0 Å². The van der Waals surface area contributed by atoms with Crippen LogP contribution in [-0.2, 0) is 0 Å². The van der Waals surface area contributed by atoms with E-state index in [2.05, 4.69) is 19.9 Å². The first-order valence-corrected chi connectivity index (χ1v) is 3.88. The number of aliphatic hydroxyl groups is 1. The van der Waals surface area contributed by atoms with Crippen molar-refractivity contribution in [3.8, 4) is 0 Å².